The van der Waals surface area contributed by atoms with Gasteiger partial charge in [0, 0.05) is 22.4 Å². The van der Waals surface area contributed by atoms with Gasteiger partial charge in [-0.3, -0.25) is 0 Å². The average molecular weight is 269 g/mol. The Balaban J connectivity index is 1.64. The minimum absolute atomic E-state index is 0.650. The first-order chi connectivity index (χ1) is 9.22. The molecule has 1 N–H and O–H groups in total. The second-order valence-electron chi connectivity index (χ2n) is 5.25. The van der Waals surface area contributed by atoms with E-state index in [1.165, 1.54) is 33.7 Å². The van der Waals surface area contributed by atoms with Gasteiger partial charge in [0.2, 0.25) is 0 Å². The van der Waals surface area contributed by atoms with Crippen LogP contribution in [0.3, 0.4) is 0 Å². The van der Waals surface area contributed by atoms with Gasteiger partial charge in [0.15, 0.2) is 0 Å². The molecule has 1 heterocycles. The Morgan fingerprint density at radius 2 is 2.00 bits per heavy atom. The molecule has 0 aliphatic carbocycles. The molecule has 0 saturated heterocycles. The van der Waals surface area contributed by atoms with Crippen LogP contribution >= 0.6 is 11.8 Å². The predicted octanol–water partition coefficient (Wildman–Crippen LogP) is 4.43. The fourth-order valence-corrected chi connectivity index (χ4v) is 3.77. The summed E-state index contributed by atoms with van der Waals surface area (Å²) in [6.07, 6.45) is 1.18. The fraction of sp³-hybridized carbons (Fsp3) is 0.294. The van der Waals surface area contributed by atoms with E-state index in [1.807, 2.05) is 11.8 Å². The summed E-state index contributed by atoms with van der Waals surface area (Å²) in [7, 11) is 0. The summed E-state index contributed by atoms with van der Waals surface area (Å²) in [6, 6.07) is 15.3. The second kappa shape index (κ2) is 5.30. The number of hydrogen-bond acceptors (Lipinski definition) is 2. The quantitative estimate of drug-likeness (QED) is 0.884. The lowest BCUT2D eigenvalue weighted by atomic mass is 10.1. The van der Waals surface area contributed by atoms with Crippen LogP contribution in [0.4, 0.5) is 5.69 Å². The maximum atomic E-state index is 3.61. The summed E-state index contributed by atoms with van der Waals surface area (Å²) in [6.45, 7) is 5.34. The van der Waals surface area contributed by atoms with E-state index in [0.29, 0.717) is 5.25 Å². The molecule has 19 heavy (non-hydrogen) atoms. The molecule has 1 aliphatic heterocycles. The molecule has 0 bridgehead atoms. The van der Waals surface area contributed by atoms with Gasteiger partial charge in [-0.1, -0.05) is 30.3 Å². The van der Waals surface area contributed by atoms with Crippen molar-refractivity contribution in [2.75, 3.05) is 11.9 Å². The summed E-state index contributed by atoms with van der Waals surface area (Å²) < 4.78 is 0. The van der Waals surface area contributed by atoms with E-state index in [2.05, 4.69) is 61.6 Å². The van der Waals surface area contributed by atoms with Crippen LogP contribution in [0.5, 0.6) is 0 Å². The van der Waals surface area contributed by atoms with Crippen LogP contribution in [-0.2, 0) is 6.42 Å². The van der Waals surface area contributed by atoms with E-state index in [9.17, 15) is 0 Å². The normalized spacial score (nSPS) is 17.3. The molecular weight excluding hydrogens is 250 g/mol. The van der Waals surface area contributed by atoms with Gasteiger partial charge in [0.1, 0.15) is 0 Å². The standard InChI is InChI=1S/C17H19NS/c1-12-7-8-13(2)16(9-12)18-11-15-10-14-5-3-4-6-17(14)19-15/h3-9,15,18H,10-11H2,1-2H3. The molecule has 0 aromatic heterocycles. The van der Waals surface area contributed by atoms with Gasteiger partial charge in [0.25, 0.3) is 0 Å². The van der Waals surface area contributed by atoms with Crippen molar-refractivity contribution in [2.24, 2.45) is 0 Å². The van der Waals surface area contributed by atoms with Crippen molar-refractivity contribution in [2.45, 2.75) is 30.4 Å². The Bertz CT molecular complexity index is 567. The minimum atomic E-state index is 0.650. The van der Waals surface area contributed by atoms with E-state index in [1.54, 1.807) is 0 Å². The number of hydrogen-bond donors (Lipinski definition) is 1. The van der Waals surface area contributed by atoms with Crippen LogP contribution < -0.4 is 5.32 Å². The van der Waals surface area contributed by atoms with Crippen LogP contribution in [-0.4, -0.2) is 11.8 Å². The average Bonchev–Trinajstić information content (AvgIpc) is 2.82. The molecule has 1 aliphatic rings. The third-order valence-electron chi connectivity index (χ3n) is 3.63. The zero-order valence-electron chi connectivity index (χ0n) is 11.4. The first-order valence-electron chi connectivity index (χ1n) is 6.78. The third-order valence-corrected chi connectivity index (χ3v) is 4.95. The first kappa shape index (κ1) is 12.6. The smallest absolute Gasteiger partial charge is 0.0372 e. The van der Waals surface area contributed by atoms with Crippen LogP contribution in [0.1, 0.15) is 16.7 Å². The summed E-state index contributed by atoms with van der Waals surface area (Å²) in [4.78, 5) is 1.45. The van der Waals surface area contributed by atoms with Crippen LogP contribution in [0.2, 0.25) is 0 Å². The number of nitrogens with one attached hydrogen (secondary N) is 1. The van der Waals surface area contributed by atoms with Crippen molar-refractivity contribution in [3.8, 4) is 0 Å². The molecule has 0 amide bonds. The van der Waals surface area contributed by atoms with Gasteiger partial charge < -0.3 is 5.32 Å². The summed E-state index contributed by atoms with van der Waals surface area (Å²) in [5, 5.41) is 4.26. The van der Waals surface area contributed by atoms with E-state index in [-0.39, 0.29) is 0 Å². The Hall–Kier alpha value is -1.41. The third kappa shape index (κ3) is 2.79. The first-order valence-corrected chi connectivity index (χ1v) is 7.66. The highest BCUT2D eigenvalue weighted by Gasteiger charge is 2.21. The Kier molecular flexibility index (Phi) is 3.52. The number of benzene rings is 2. The number of fused-ring (bicyclic) bond motifs is 1. The molecule has 2 aromatic carbocycles. The Morgan fingerprint density at radius 1 is 1.16 bits per heavy atom. The molecular formula is C17H19NS. The monoisotopic (exact) mass is 269 g/mol. The molecule has 98 valence electrons. The highest BCUT2D eigenvalue weighted by atomic mass is 32.2. The number of anilines is 1. The Morgan fingerprint density at radius 3 is 2.84 bits per heavy atom. The molecule has 1 nitrogen and oxygen atoms in total. The number of aryl methyl sites for hydroxylation is 2. The SMILES string of the molecule is Cc1ccc(C)c(NCC2Cc3ccccc3S2)c1. The van der Waals surface area contributed by atoms with Crippen molar-refractivity contribution in [1.82, 2.24) is 0 Å². The van der Waals surface area contributed by atoms with Crippen LogP contribution in [0, 0.1) is 13.8 Å². The molecule has 0 fully saturated rings. The van der Waals surface area contributed by atoms with Crippen molar-refractivity contribution < 1.29 is 0 Å². The lowest BCUT2D eigenvalue weighted by Gasteiger charge is -2.14. The molecule has 0 radical (unpaired) electrons. The van der Waals surface area contributed by atoms with Gasteiger partial charge in [0.05, 0.1) is 0 Å². The largest absolute Gasteiger partial charge is 0.384 e. The topological polar surface area (TPSA) is 12.0 Å². The van der Waals surface area contributed by atoms with Gasteiger partial charge in [-0.2, -0.15) is 0 Å². The van der Waals surface area contributed by atoms with Crippen molar-refractivity contribution in [3.63, 3.8) is 0 Å². The van der Waals surface area contributed by atoms with Gasteiger partial charge >= 0.3 is 0 Å². The maximum Gasteiger partial charge on any atom is 0.0372 e. The van der Waals surface area contributed by atoms with Gasteiger partial charge in [-0.05, 0) is 49.1 Å². The number of thioether (sulfide) groups is 1. The summed E-state index contributed by atoms with van der Waals surface area (Å²) in [5.41, 5.74) is 5.42. The summed E-state index contributed by atoms with van der Waals surface area (Å²) >= 11 is 2.00. The van der Waals surface area contributed by atoms with Gasteiger partial charge in [-0.25, -0.2) is 0 Å². The van der Waals surface area contributed by atoms with E-state index >= 15 is 0 Å². The molecule has 2 heteroatoms. The summed E-state index contributed by atoms with van der Waals surface area (Å²) in [5.74, 6) is 0. The maximum absolute atomic E-state index is 3.61. The predicted molar refractivity (Wildman–Crippen MR) is 84.2 cm³/mol. The number of rotatable bonds is 3. The highest BCUT2D eigenvalue weighted by molar-refractivity contribution is 8.00. The lowest BCUT2D eigenvalue weighted by Crippen LogP contribution is -2.16. The molecule has 3 rings (SSSR count). The molecule has 0 spiro atoms. The van der Waals surface area contributed by atoms with Crippen LogP contribution in [0.15, 0.2) is 47.4 Å². The zero-order valence-corrected chi connectivity index (χ0v) is 12.3. The molecule has 0 saturated carbocycles. The van der Waals surface area contributed by atoms with Crippen molar-refractivity contribution >= 4 is 17.4 Å². The van der Waals surface area contributed by atoms with E-state index < -0.39 is 0 Å². The molecule has 1 unspecified atom stereocenters. The van der Waals surface area contributed by atoms with E-state index in [4.69, 9.17) is 0 Å². The Labute approximate surface area is 119 Å². The molecule has 2 aromatic rings. The highest BCUT2D eigenvalue weighted by Crippen LogP contribution is 2.36. The minimum Gasteiger partial charge on any atom is -0.384 e. The fourth-order valence-electron chi connectivity index (χ4n) is 2.52. The van der Waals surface area contributed by atoms with Crippen molar-refractivity contribution in [1.29, 1.82) is 0 Å². The van der Waals surface area contributed by atoms with Crippen molar-refractivity contribution in [3.05, 3.63) is 59.2 Å². The van der Waals surface area contributed by atoms with Gasteiger partial charge in [-0.15, -0.1) is 11.8 Å². The molecule has 1 atom stereocenters. The second-order valence-corrected chi connectivity index (χ2v) is 6.59. The lowest BCUT2D eigenvalue weighted by molar-refractivity contribution is 0.898. The zero-order chi connectivity index (χ0) is 13.2. The van der Waals surface area contributed by atoms with Crippen LogP contribution in [0.25, 0.3) is 0 Å². The van der Waals surface area contributed by atoms with E-state index in [0.717, 1.165) is 6.54 Å².